The molecule has 0 aliphatic carbocycles. The molecule has 0 amide bonds. The fraction of sp³-hybridized carbons (Fsp3) is 0.737. The first kappa shape index (κ1) is 17.2. The van der Waals surface area contributed by atoms with E-state index in [4.69, 9.17) is 0 Å². The lowest BCUT2D eigenvalue weighted by molar-refractivity contribution is 0.217. The molecule has 0 saturated carbocycles. The summed E-state index contributed by atoms with van der Waals surface area (Å²) in [6.07, 6.45) is 7.91. The minimum absolute atomic E-state index is 0.702. The number of hydrogen-bond donors (Lipinski definition) is 0. The molecule has 2 fully saturated rings. The maximum Gasteiger partial charge on any atom is 0.169 e. The highest BCUT2D eigenvalue weighted by atomic mass is 15.3. The normalized spacial score (nSPS) is 20.6. The van der Waals surface area contributed by atoms with E-state index < -0.39 is 0 Å². The quantitative estimate of drug-likeness (QED) is 0.854. The van der Waals surface area contributed by atoms with Crippen LogP contribution in [0.1, 0.15) is 55.3 Å². The van der Waals surface area contributed by atoms with E-state index in [1.165, 1.54) is 58.2 Å². The van der Waals surface area contributed by atoms with Gasteiger partial charge in [-0.15, -0.1) is 5.10 Å². The van der Waals surface area contributed by atoms with Crippen LogP contribution in [0, 0.1) is 31.1 Å². The predicted molar refractivity (Wildman–Crippen MR) is 96.1 cm³/mol. The second kappa shape index (κ2) is 7.94. The van der Waals surface area contributed by atoms with Crippen LogP contribution in [0.4, 0.5) is 5.82 Å². The van der Waals surface area contributed by atoms with E-state index >= 15 is 0 Å². The molecule has 24 heavy (non-hydrogen) atoms. The number of hydrogen-bond acceptors (Lipinski definition) is 5. The molecule has 0 bridgehead atoms. The van der Waals surface area contributed by atoms with Gasteiger partial charge in [-0.1, -0.05) is 12.8 Å². The van der Waals surface area contributed by atoms with Crippen LogP contribution in [0.2, 0.25) is 0 Å². The van der Waals surface area contributed by atoms with Gasteiger partial charge in [-0.3, -0.25) is 0 Å². The first-order chi connectivity index (χ1) is 11.7. The van der Waals surface area contributed by atoms with Gasteiger partial charge in [0.15, 0.2) is 5.82 Å². The minimum Gasteiger partial charge on any atom is -0.354 e. The molecule has 2 saturated heterocycles. The molecule has 0 unspecified atom stereocenters. The summed E-state index contributed by atoms with van der Waals surface area (Å²) >= 11 is 0. The predicted octanol–water partition coefficient (Wildman–Crippen LogP) is 3.06. The fourth-order valence-electron chi connectivity index (χ4n) is 3.96. The van der Waals surface area contributed by atoms with Crippen molar-refractivity contribution in [1.82, 2.24) is 15.1 Å². The molecule has 2 aliphatic heterocycles. The zero-order valence-corrected chi connectivity index (χ0v) is 15.1. The Hall–Kier alpha value is -1.67. The Kier molecular flexibility index (Phi) is 5.68. The van der Waals surface area contributed by atoms with Gasteiger partial charge in [-0.25, -0.2) is 0 Å². The monoisotopic (exact) mass is 327 g/mol. The number of likely N-dealkylation sites (tertiary alicyclic amines) is 1. The third-order valence-corrected chi connectivity index (χ3v) is 5.68. The molecule has 130 valence electrons. The second-order valence-corrected chi connectivity index (χ2v) is 7.37. The van der Waals surface area contributed by atoms with Gasteiger partial charge in [0.05, 0.1) is 5.69 Å². The van der Waals surface area contributed by atoms with E-state index in [-0.39, 0.29) is 0 Å². The van der Waals surface area contributed by atoms with Gasteiger partial charge in [0.25, 0.3) is 0 Å². The van der Waals surface area contributed by atoms with Crippen LogP contribution in [-0.4, -0.2) is 47.8 Å². The van der Waals surface area contributed by atoms with E-state index in [1.807, 2.05) is 13.8 Å². The Morgan fingerprint density at radius 3 is 2.29 bits per heavy atom. The number of nitrogens with zero attached hydrogens (tertiary/aromatic N) is 5. The molecular formula is C19H29N5. The lowest BCUT2D eigenvalue weighted by atomic mass is 9.95. The largest absolute Gasteiger partial charge is 0.354 e. The third-order valence-electron chi connectivity index (χ3n) is 5.68. The molecule has 1 aromatic heterocycles. The van der Waals surface area contributed by atoms with Gasteiger partial charge >= 0.3 is 0 Å². The first-order valence-corrected chi connectivity index (χ1v) is 9.40. The average Bonchev–Trinajstić information content (AvgIpc) is 2.87. The van der Waals surface area contributed by atoms with Crippen LogP contribution in [0.15, 0.2) is 0 Å². The van der Waals surface area contributed by atoms with Crippen molar-refractivity contribution < 1.29 is 0 Å². The highest BCUT2D eigenvalue weighted by molar-refractivity contribution is 5.57. The zero-order valence-electron chi connectivity index (χ0n) is 15.1. The molecule has 0 N–H and O–H groups in total. The van der Waals surface area contributed by atoms with Gasteiger partial charge in [-0.05, 0) is 64.1 Å². The van der Waals surface area contributed by atoms with Crippen LogP contribution < -0.4 is 4.90 Å². The van der Waals surface area contributed by atoms with E-state index in [0.29, 0.717) is 5.56 Å². The average molecular weight is 327 g/mol. The molecular weight excluding hydrogens is 298 g/mol. The van der Waals surface area contributed by atoms with Crippen LogP contribution >= 0.6 is 0 Å². The molecule has 0 aromatic carbocycles. The number of nitriles is 1. The van der Waals surface area contributed by atoms with Crippen molar-refractivity contribution in [2.45, 2.75) is 52.4 Å². The highest BCUT2D eigenvalue weighted by Crippen LogP contribution is 2.27. The molecule has 3 rings (SSSR count). The topological polar surface area (TPSA) is 56.1 Å². The summed E-state index contributed by atoms with van der Waals surface area (Å²) in [5.41, 5.74) is 2.52. The summed E-state index contributed by atoms with van der Waals surface area (Å²) in [7, 11) is 0. The summed E-state index contributed by atoms with van der Waals surface area (Å²) in [5, 5.41) is 18.1. The van der Waals surface area contributed by atoms with Crippen LogP contribution in [0.25, 0.3) is 0 Å². The van der Waals surface area contributed by atoms with Crippen molar-refractivity contribution in [2.24, 2.45) is 5.92 Å². The smallest absolute Gasteiger partial charge is 0.169 e. The first-order valence-electron chi connectivity index (χ1n) is 9.40. The van der Waals surface area contributed by atoms with E-state index in [0.717, 1.165) is 36.1 Å². The molecule has 1 aromatic rings. The summed E-state index contributed by atoms with van der Waals surface area (Å²) in [6, 6.07) is 2.33. The third kappa shape index (κ3) is 3.87. The SMILES string of the molecule is Cc1nnc(N2CCC(CN3CCCCCC3)CC2)c(C#N)c1C. The van der Waals surface area contributed by atoms with Gasteiger partial charge in [0.2, 0.25) is 0 Å². The molecule has 0 atom stereocenters. The fourth-order valence-corrected chi connectivity index (χ4v) is 3.96. The molecule has 2 aliphatic rings. The lowest BCUT2D eigenvalue weighted by Crippen LogP contribution is -2.40. The van der Waals surface area contributed by atoms with E-state index in [9.17, 15) is 5.26 Å². The van der Waals surface area contributed by atoms with E-state index in [2.05, 4.69) is 26.1 Å². The number of piperidine rings is 1. The molecule has 3 heterocycles. The summed E-state index contributed by atoms with van der Waals surface area (Å²) in [4.78, 5) is 4.93. The Balaban J connectivity index is 1.59. The molecule has 5 nitrogen and oxygen atoms in total. The summed E-state index contributed by atoms with van der Waals surface area (Å²) in [5.74, 6) is 1.57. The van der Waals surface area contributed by atoms with Gasteiger partial charge in [0, 0.05) is 19.6 Å². The Morgan fingerprint density at radius 1 is 1.00 bits per heavy atom. The summed E-state index contributed by atoms with van der Waals surface area (Å²) < 4.78 is 0. The van der Waals surface area contributed by atoms with Crippen molar-refractivity contribution in [3.63, 3.8) is 0 Å². The number of aromatic nitrogens is 2. The minimum atomic E-state index is 0.702. The molecule has 0 radical (unpaired) electrons. The van der Waals surface area contributed by atoms with Crippen molar-refractivity contribution in [1.29, 1.82) is 5.26 Å². The van der Waals surface area contributed by atoms with Crippen molar-refractivity contribution in [2.75, 3.05) is 37.6 Å². The zero-order chi connectivity index (χ0) is 16.9. The van der Waals surface area contributed by atoms with Crippen molar-refractivity contribution >= 4 is 5.82 Å². The van der Waals surface area contributed by atoms with Crippen LogP contribution in [-0.2, 0) is 0 Å². The maximum atomic E-state index is 9.50. The van der Waals surface area contributed by atoms with Crippen LogP contribution in [0.5, 0.6) is 0 Å². The van der Waals surface area contributed by atoms with Crippen LogP contribution in [0.3, 0.4) is 0 Å². The van der Waals surface area contributed by atoms with Gasteiger partial charge in [0.1, 0.15) is 11.6 Å². The number of aryl methyl sites for hydroxylation is 1. The Morgan fingerprint density at radius 2 is 1.67 bits per heavy atom. The molecule has 5 heteroatoms. The van der Waals surface area contributed by atoms with Crippen molar-refractivity contribution in [3.8, 4) is 6.07 Å². The Labute approximate surface area is 145 Å². The number of anilines is 1. The highest BCUT2D eigenvalue weighted by Gasteiger charge is 2.25. The van der Waals surface area contributed by atoms with Crippen molar-refractivity contribution in [3.05, 3.63) is 16.8 Å². The molecule has 0 spiro atoms. The summed E-state index contributed by atoms with van der Waals surface area (Å²) in [6.45, 7) is 9.67. The Bertz CT molecular complexity index is 591. The second-order valence-electron chi connectivity index (χ2n) is 7.37. The van der Waals surface area contributed by atoms with Gasteiger partial charge in [-0.2, -0.15) is 10.4 Å². The maximum absolute atomic E-state index is 9.50. The standard InChI is InChI=1S/C19H29N5/c1-15-16(2)21-22-19(18(15)13-20)24-11-7-17(8-12-24)14-23-9-5-3-4-6-10-23/h17H,3-12,14H2,1-2H3. The van der Waals surface area contributed by atoms with Gasteiger partial charge < -0.3 is 9.80 Å². The van der Waals surface area contributed by atoms with E-state index in [1.54, 1.807) is 0 Å². The number of rotatable bonds is 3. The lowest BCUT2D eigenvalue weighted by Gasteiger charge is -2.35.